The molecule has 28 heavy (non-hydrogen) atoms. The molecule has 1 atom stereocenters. The molecule has 1 unspecified atom stereocenters. The van der Waals surface area contributed by atoms with Crippen LogP contribution in [0.2, 0.25) is 0 Å². The van der Waals surface area contributed by atoms with E-state index in [1.165, 1.54) is 0 Å². The fraction of sp³-hybridized carbons (Fsp3) is 0.600. The third-order valence-electron chi connectivity index (χ3n) is 5.14. The van der Waals surface area contributed by atoms with Gasteiger partial charge in [0.2, 0.25) is 5.91 Å². The Morgan fingerprint density at radius 3 is 2.32 bits per heavy atom. The Morgan fingerprint density at radius 1 is 1.18 bits per heavy atom. The van der Waals surface area contributed by atoms with Gasteiger partial charge in [0.25, 0.3) is 5.92 Å². The van der Waals surface area contributed by atoms with E-state index in [2.05, 4.69) is 0 Å². The Kier molecular flexibility index (Phi) is 5.25. The fourth-order valence-electron chi connectivity index (χ4n) is 3.60. The first kappa shape index (κ1) is 20.4. The van der Waals surface area contributed by atoms with Crippen LogP contribution >= 0.6 is 0 Å². The average molecular weight is 395 g/mol. The molecule has 1 aromatic carbocycles. The maximum absolute atomic E-state index is 13.7. The molecule has 8 heteroatoms. The lowest BCUT2D eigenvalue weighted by Crippen LogP contribution is -2.53. The molecule has 2 amide bonds. The van der Waals surface area contributed by atoms with Crippen molar-refractivity contribution in [3.8, 4) is 0 Å². The van der Waals surface area contributed by atoms with Gasteiger partial charge in [0, 0.05) is 44.1 Å². The summed E-state index contributed by atoms with van der Waals surface area (Å²) in [6, 6.07) is 6.46. The van der Waals surface area contributed by atoms with Crippen molar-refractivity contribution in [2.45, 2.75) is 57.1 Å². The van der Waals surface area contributed by atoms with Gasteiger partial charge >= 0.3 is 6.09 Å². The molecule has 0 spiro atoms. The minimum Gasteiger partial charge on any atom is -0.444 e. The van der Waals surface area contributed by atoms with Crippen LogP contribution in [0.5, 0.6) is 0 Å². The number of halogens is 2. The molecular formula is C20H27F2N3O3. The van der Waals surface area contributed by atoms with E-state index in [0.29, 0.717) is 18.8 Å². The molecule has 2 aliphatic rings. The second kappa shape index (κ2) is 7.22. The lowest BCUT2D eigenvalue weighted by Gasteiger charge is -2.41. The van der Waals surface area contributed by atoms with E-state index in [1.807, 2.05) is 45.0 Å². The summed E-state index contributed by atoms with van der Waals surface area (Å²) in [5, 5.41) is 0. The van der Waals surface area contributed by atoms with Crippen LogP contribution in [0.15, 0.2) is 24.3 Å². The first-order valence-corrected chi connectivity index (χ1v) is 9.47. The van der Waals surface area contributed by atoms with Gasteiger partial charge in [-0.15, -0.1) is 0 Å². The number of benzene rings is 1. The van der Waals surface area contributed by atoms with Crippen molar-refractivity contribution in [1.29, 1.82) is 0 Å². The summed E-state index contributed by atoms with van der Waals surface area (Å²) in [7, 11) is 0. The van der Waals surface area contributed by atoms with Gasteiger partial charge in [-0.05, 0) is 38.5 Å². The zero-order valence-electron chi connectivity index (χ0n) is 16.5. The first-order valence-electron chi connectivity index (χ1n) is 9.47. The molecule has 1 aromatic rings. The van der Waals surface area contributed by atoms with E-state index in [1.54, 1.807) is 9.80 Å². The summed E-state index contributed by atoms with van der Waals surface area (Å²) in [5.74, 6) is -3.40. The predicted octanol–water partition coefficient (Wildman–Crippen LogP) is 3.11. The van der Waals surface area contributed by atoms with Crippen LogP contribution in [0.25, 0.3) is 0 Å². The minimum absolute atomic E-state index is 0.0792. The highest BCUT2D eigenvalue weighted by molar-refractivity contribution is 5.84. The normalized spacial score (nSPS) is 22.5. The van der Waals surface area contributed by atoms with Crippen LogP contribution in [-0.2, 0) is 9.53 Å². The monoisotopic (exact) mass is 395 g/mol. The molecule has 0 aliphatic carbocycles. The van der Waals surface area contributed by atoms with E-state index >= 15 is 0 Å². The summed E-state index contributed by atoms with van der Waals surface area (Å²) < 4.78 is 32.7. The third kappa shape index (κ3) is 4.54. The van der Waals surface area contributed by atoms with E-state index in [4.69, 9.17) is 10.5 Å². The number of piperidine rings is 1. The summed E-state index contributed by atoms with van der Waals surface area (Å²) in [5.41, 5.74) is 6.58. The van der Waals surface area contributed by atoms with Crippen molar-refractivity contribution >= 4 is 17.7 Å². The van der Waals surface area contributed by atoms with Crippen molar-refractivity contribution in [2.75, 3.05) is 24.5 Å². The van der Waals surface area contributed by atoms with Gasteiger partial charge in [-0.2, -0.15) is 0 Å². The number of hydrogen-bond acceptors (Lipinski definition) is 4. The third-order valence-corrected chi connectivity index (χ3v) is 5.14. The number of nitrogens with two attached hydrogens (primary N) is 1. The molecular weight excluding hydrogens is 368 g/mol. The number of anilines is 1. The molecule has 2 heterocycles. The SMILES string of the molecule is CC(C)(C)OC(=O)N1CC(c2ccc(N3CCC(F)(F)CC3C(N)=O)cc2)C1. The second-order valence-corrected chi connectivity index (χ2v) is 8.60. The number of hydrogen-bond donors (Lipinski definition) is 1. The Labute approximate surface area is 163 Å². The van der Waals surface area contributed by atoms with Crippen molar-refractivity contribution < 1.29 is 23.1 Å². The number of amides is 2. The molecule has 0 aromatic heterocycles. The van der Waals surface area contributed by atoms with Gasteiger partial charge < -0.3 is 20.3 Å². The molecule has 6 nitrogen and oxygen atoms in total. The molecule has 0 bridgehead atoms. The Morgan fingerprint density at radius 2 is 1.79 bits per heavy atom. The number of likely N-dealkylation sites (tertiary alicyclic amines) is 1. The highest BCUT2D eigenvalue weighted by atomic mass is 19.3. The van der Waals surface area contributed by atoms with Crippen molar-refractivity contribution in [3.05, 3.63) is 29.8 Å². The van der Waals surface area contributed by atoms with Crippen molar-refractivity contribution in [3.63, 3.8) is 0 Å². The number of carbonyl (C=O) groups is 2. The Bertz CT molecular complexity index is 740. The number of nitrogens with zero attached hydrogens (tertiary/aromatic N) is 2. The lowest BCUT2D eigenvalue weighted by atomic mass is 9.91. The molecule has 2 saturated heterocycles. The van der Waals surface area contributed by atoms with Crippen molar-refractivity contribution in [1.82, 2.24) is 4.90 Å². The van der Waals surface area contributed by atoms with Crippen LogP contribution in [-0.4, -0.2) is 54.1 Å². The number of rotatable bonds is 3. The van der Waals surface area contributed by atoms with Gasteiger partial charge in [-0.25, -0.2) is 13.6 Å². The van der Waals surface area contributed by atoms with Gasteiger partial charge in [0.1, 0.15) is 11.6 Å². The van der Waals surface area contributed by atoms with Crippen LogP contribution < -0.4 is 10.6 Å². The topological polar surface area (TPSA) is 75.9 Å². The number of ether oxygens (including phenoxy) is 1. The van der Waals surface area contributed by atoms with Crippen LogP contribution in [0, 0.1) is 0 Å². The largest absolute Gasteiger partial charge is 0.444 e. The summed E-state index contributed by atoms with van der Waals surface area (Å²) >= 11 is 0. The molecule has 2 aliphatic heterocycles. The summed E-state index contributed by atoms with van der Waals surface area (Å²) in [4.78, 5) is 27.0. The van der Waals surface area contributed by atoms with Crippen LogP contribution in [0.3, 0.4) is 0 Å². The van der Waals surface area contributed by atoms with Crippen LogP contribution in [0.1, 0.15) is 45.1 Å². The predicted molar refractivity (Wildman–Crippen MR) is 101 cm³/mol. The quantitative estimate of drug-likeness (QED) is 0.853. The van der Waals surface area contributed by atoms with Gasteiger partial charge in [0.15, 0.2) is 0 Å². The van der Waals surface area contributed by atoms with Gasteiger partial charge in [-0.1, -0.05) is 12.1 Å². The molecule has 2 fully saturated rings. The highest BCUT2D eigenvalue weighted by Gasteiger charge is 2.43. The number of primary amides is 1. The highest BCUT2D eigenvalue weighted by Crippen LogP contribution is 2.35. The summed E-state index contributed by atoms with van der Waals surface area (Å²) in [6.45, 7) is 6.72. The zero-order valence-corrected chi connectivity index (χ0v) is 16.5. The standard InChI is InChI=1S/C20H27F2N3O3/c1-19(2,3)28-18(27)24-11-14(12-24)13-4-6-15(7-5-13)25-9-8-20(21,22)10-16(25)17(23)26/h4-7,14,16H,8-12H2,1-3H3,(H2,23,26). The van der Waals surface area contributed by atoms with E-state index in [0.717, 1.165) is 5.56 Å². The smallest absolute Gasteiger partial charge is 0.410 e. The fourth-order valence-corrected chi connectivity index (χ4v) is 3.60. The van der Waals surface area contributed by atoms with E-state index in [-0.39, 0.29) is 25.0 Å². The maximum Gasteiger partial charge on any atom is 0.410 e. The van der Waals surface area contributed by atoms with Gasteiger partial charge in [0.05, 0.1) is 0 Å². The Balaban J connectivity index is 1.62. The zero-order chi connectivity index (χ0) is 20.7. The number of carbonyl (C=O) groups excluding carboxylic acids is 2. The van der Waals surface area contributed by atoms with Crippen LogP contribution in [0.4, 0.5) is 19.3 Å². The average Bonchev–Trinajstić information content (AvgIpc) is 2.51. The maximum atomic E-state index is 13.7. The first-order chi connectivity index (χ1) is 13.0. The molecule has 0 saturated carbocycles. The minimum atomic E-state index is -2.87. The second-order valence-electron chi connectivity index (χ2n) is 8.60. The molecule has 0 radical (unpaired) electrons. The lowest BCUT2D eigenvalue weighted by molar-refractivity contribution is -0.123. The number of alkyl halides is 2. The molecule has 2 N–H and O–H groups in total. The van der Waals surface area contributed by atoms with E-state index < -0.39 is 29.9 Å². The van der Waals surface area contributed by atoms with E-state index in [9.17, 15) is 18.4 Å². The van der Waals surface area contributed by atoms with Crippen molar-refractivity contribution in [2.24, 2.45) is 5.73 Å². The molecule has 154 valence electrons. The summed E-state index contributed by atoms with van der Waals surface area (Å²) in [6.07, 6.45) is -1.18. The van der Waals surface area contributed by atoms with Gasteiger partial charge in [-0.3, -0.25) is 4.79 Å². The molecule has 3 rings (SSSR count). The Hall–Kier alpha value is -2.38.